The maximum Gasteiger partial charge on any atom is 0.410 e. The number of hydrogen-bond donors (Lipinski definition) is 0. The zero-order chi connectivity index (χ0) is 27.7. The van der Waals surface area contributed by atoms with Crippen LogP contribution in [0.1, 0.15) is 20.8 Å². The van der Waals surface area contributed by atoms with Gasteiger partial charge in [0.1, 0.15) is 17.4 Å². The Morgan fingerprint density at radius 2 is 1.45 bits per heavy atom. The lowest BCUT2D eigenvalue weighted by atomic mass is 9.95. The number of amides is 1. The number of rotatable bonds is 4. The molecule has 0 spiro atoms. The van der Waals surface area contributed by atoms with Gasteiger partial charge in [-0.15, -0.1) is 0 Å². The first-order valence-electron chi connectivity index (χ1n) is 13.7. The Balaban J connectivity index is 1.18. The number of carbonyl (C=O) groups excluding carboxylic acids is 1. The molecule has 6 heteroatoms. The van der Waals surface area contributed by atoms with E-state index in [0.717, 1.165) is 63.3 Å². The first kappa shape index (κ1) is 25.7. The lowest BCUT2D eigenvalue weighted by Gasteiger charge is -2.36. The Hall–Kier alpha value is -4.58. The smallest absolute Gasteiger partial charge is 0.410 e. The topological polar surface area (TPSA) is 58.8 Å². The van der Waals surface area contributed by atoms with Gasteiger partial charge >= 0.3 is 6.09 Å². The van der Waals surface area contributed by atoms with Crippen molar-refractivity contribution < 1.29 is 13.9 Å². The van der Waals surface area contributed by atoms with E-state index in [1.807, 2.05) is 45.4 Å². The second-order valence-corrected chi connectivity index (χ2v) is 11.1. The van der Waals surface area contributed by atoms with Gasteiger partial charge in [-0.05, 0) is 61.2 Å². The molecule has 0 bridgehead atoms. The Labute approximate surface area is 234 Å². The molecule has 0 radical (unpaired) electrons. The zero-order valence-corrected chi connectivity index (χ0v) is 23.1. The van der Waals surface area contributed by atoms with Crippen LogP contribution in [-0.4, -0.2) is 47.8 Å². The maximum absolute atomic E-state index is 12.4. The van der Waals surface area contributed by atoms with Crippen LogP contribution in [0, 0.1) is 0 Å². The molecule has 0 atom stereocenters. The highest BCUT2D eigenvalue weighted by atomic mass is 16.6. The van der Waals surface area contributed by atoms with Crippen molar-refractivity contribution in [1.29, 1.82) is 0 Å². The van der Waals surface area contributed by atoms with Gasteiger partial charge in [0.2, 0.25) is 0 Å². The highest BCUT2D eigenvalue weighted by Crippen LogP contribution is 2.37. The third kappa shape index (κ3) is 5.30. The predicted molar refractivity (Wildman–Crippen MR) is 160 cm³/mol. The second kappa shape index (κ2) is 10.5. The zero-order valence-electron chi connectivity index (χ0n) is 23.1. The first-order valence-corrected chi connectivity index (χ1v) is 13.7. The largest absolute Gasteiger partial charge is 0.462 e. The molecule has 1 aliphatic rings. The Morgan fingerprint density at radius 3 is 2.15 bits per heavy atom. The molecule has 3 aromatic carbocycles. The van der Waals surface area contributed by atoms with Crippen LogP contribution < -0.4 is 4.90 Å². The summed E-state index contributed by atoms with van der Waals surface area (Å²) in [5, 5.41) is 0. The van der Waals surface area contributed by atoms with Gasteiger partial charge in [-0.25, -0.2) is 4.79 Å². The first-order chi connectivity index (χ1) is 19.4. The van der Waals surface area contributed by atoms with Gasteiger partial charge in [-0.2, -0.15) is 0 Å². The van der Waals surface area contributed by atoms with Crippen LogP contribution in [0.2, 0.25) is 0 Å². The minimum absolute atomic E-state index is 0.241. The number of furan rings is 1. The fourth-order valence-electron chi connectivity index (χ4n) is 5.19. The SMILES string of the molecule is CC(C)(C)OC(=O)N1CCN(c2ccc(-c3cnc4c(-c5ccccc5-c5ccccc5)coc4c3)cc2)CC1. The van der Waals surface area contributed by atoms with E-state index in [1.165, 1.54) is 0 Å². The summed E-state index contributed by atoms with van der Waals surface area (Å²) in [5.41, 5.74) is 8.76. The van der Waals surface area contributed by atoms with Crippen LogP contribution in [0.5, 0.6) is 0 Å². The van der Waals surface area contributed by atoms with Crippen LogP contribution in [0.15, 0.2) is 102 Å². The van der Waals surface area contributed by atoms with Crippen molar-refractivity contribution in [2.45, 2.75) is 26.4 Å². The summed E-state index contributed by atoms with van der Waals surface area (Å²) in [7, 11) is 0. The molecule has 0 N–H and O–H groups in total. The molecule has 1 aliphatic heterocycles. The fourth-order valence-corrected chi connectivity index (χ4v) is 5.19. The monoisotopic (exact) mass is 531 g/mol. The van der Waals surface area contributed by atoms with Crippen molar-refractivity contribution in [3.8, 4) is 33.4 Å². The number of nitrogens with zero attached hydrogens (tertiary/aromatic N) is 3. The van der Waals surface area contributed by atoms with E-state index in [2.05, 4.69) is 77.7 Å². The lowest BCUT2D eigenvalue weighted by Crippen LogP contribution is -2.50. The van der Waals surface area contributed by atoms with Crippen LogP contribution in [0.25, 0.3) is 44.5 Å². The average molecular weight is 532 g/mol. The van der Waals surface area contributed by atoms with Crippen molar-refractivity contribution in [3.63, 3.8) is 0 Å². The summed E-state index contributed by atoms with van der Waals surface area (Å²) in [5.74, 6) is 0. The van der Waals surface area contributed by atoms with Crippen molar-refractivity contribution >= 4 is 22.9 Å². The Morgan fingerprint density at radius 1 is 0.775 bits per heavy atom. The van der Waals surface area contributed by atoms with E-state index in [1.54, 1.807) is 4.90 Å². The molecule has 202 valence electrons. The summed E-state index contributed by atoms with van der Waals surface area (Å²) in [6.07, 6.45) is 3.49. The van der Waals surface area contributed by atoms with Gasteiger partial charge in [0.05, 0.1) is 0 Å². The summed E-state index contributed by atoms with van der Waals surface area (Å²) in [6.45, 7) is 8.51. The molecule has 0 saturated carbocycles. The molecule has 6 nitrogen and oxygen atoms in total. The Kier molecular flexibility index (Phi) is 6.76. The number of benzene rings is 3. The molecule has 0 aliphatic carbocycles. The van der Waals surface area contributed by atoms with E-state index in [9.17, 15) is 4.79 Å². The molecule has 3 heterocycles. The number of pyridine rings is 1. The van der Waals surface area contributed by atoms with Gasteiger partial charge < -0.3 is 19.0 Å². The molecule has 0 unspecified atom stereocenters. The third-order valence-corrected chi connectivity index (χ3v) is 7.21. The number of anilines is 1. The lowest BCUT2D eigenvalue weighted by molar-refractivity contribution is 0.0240. The molecule has 6 rings (SSSR count). The van der Waals surface area contributed by atoms with E-state index < -0.39 is 5.60 Å². The van der Waals surface area contributed by atoms with Crippen molar-refractivity contribution in [2.75, 3.05) is 31.1 Å². The summed E-state index contributed by atoms with van der Waals surface area (Å²) >= 11 is 0. The molecular formula is C34H33N3O3. The van der Waals surface area contributed by atoms with E-state index >= 15 is 0 Å². The maximum atomic E-state index is 12.4. The highest BCUT2D eigenvalue weighted by molar-refractivity contribution is 5.97. The molecular weight excluding hydrogens is 498 g/mol. The average Bonchev–Trinajstić information content (AvgIpc) is 3.40. The van der Waals surface area contributed by atoms with Crippen LogP contribution in [0.3, 0.4) is 0 Å². The third-order valence-electron chi connectivity index (χ3n) is 7.21. The molecule has 2 aromatic heterocycles. The summed E-state index contributed by atoms with van der Waals surface area (Å²) in [6, 6.07) is 29.3. The Bertz CT molecular complexity index is 1630. The van der Waals surface area contributed by atoms with E-state index in [4.69, 9.17) is 14.1 Å². The van der Waals surface area contributed by atoms with Gasteiger partial charge in [-0.1, -0.05) is 66.7 Å². The molecule has 1 fully saturated rings. The number of piperazine rings is 1. The molecule has 1 amide bonds. The molecule has 40 heavy (non-hydrogen) atoms. The predicted octanol–water partition coefficient (Wildman–Crippen LogP) is 7.89. The number of aromatic nitrogens is 1. The van der Waals surface area contributed by atoms with Crippen molar-refractivity contribution in [1.82, 2.24) is 9.88 Å². The van der Waals surface area contributed by atoms with Crippen molar-refractivity contribution in [2.24, 2.45) is 0 Å². The normalized spacial score (nSPS) is 14.0. The number of carbonyl (C=O) groups is 1. The molecule has 1 saturated heterocycles. The number of hydrogen-bond acceptors (Lipinski definition) is 5. The second-order valence-electron chi connectivity index (χ2n) is 11.1. The minimum Gasteiger partial charge on any atom is -0.462 e. The van der Waals surface area contributed by atoms with Gasteiger partial charge in [0, 0.05) is 49.2 Å². The van der Waals surface area contributed by atoms with Crippen molar-refractivity contribution in [3.05, 3.63) is 97.4 Å². The van der Waals surface area contributed by atoms with E-state index in [0.29, 0.717) is 13.1 Å². The number of ether oxygens (including phenoxy) is 1. The fraction of sp³-hybridized carbons (Fsp3) is 0.235. The van der Waals surface area contributed by atoms with Gasteiger partial charge in [0.15, 0.2) is 5.58 Å². The summed E-state index contributed by atoms with van der Waals surface area (Å²) < 4.78 is 11.5. The van der Waals surface area contributed by atoms with Crippen LogP contribution in [-0.2, 0) is 4.74 Å². The minimum atomic E-state index is -0.480. The highest BCUT2D eigenvalue weighted by Gasteiger charge is 2.26. The molecule has 5 aromatic rings. The van der Waals surface area contributed by atoms with Gasteiger partial charge in [-0.3, -0.25) is 4.98 Å². The van der Waals surface area contributed by atoms with Crippen LogP contribution in [0.4, 0.5) is 10.5 Å². The van der Waals surface area contributed by atoms with E-state index in [-0.39, 0.29) is 6.09 Å². The standard InChI is InChI=1S/C34H33N3O3/c1-34(2,3)40-33(38)37-19-17-36(18-20-37)27-15-13-24(14-16-27)26-21-31-32(35-22-26)30(23-39-31)29-12-8-7-11-28(29)25-9-5-4-6-10-25/h4-16,21-23H,17-20H2,1-3H3. The van der Waals surface area contributed by atoms with Gasteiger partial charge in [0.25, 0.3) is 0 Å². The summed E-state index contributed by atoms with van der Waals surface area (Å²) in [4.78, 5) is 21.3. The number of fused-ring (bicyclic) bond motifs is 1. The van der Waals surface area contributed by atoms with Crippen LogP contribution >= 0.6 is 0 Å². The quantitative estimate of drug-likeness (QED) is 0.236.